The van der Waals surface area contributed by atoms with E-state index in [1.54, 1.807) is 28.4 Å². The number of carbonyl (C=O) groups excluding carboxylic acids is 2. The van der Waals surface area contributed by atoms with Crippen molar-refractivity contribution in [3.05, 3.63) is 93.7 Å². The van der Waals surface area contributed by atoms with Gasteiger partial charge in [0.1, 0.15) is 6.54 Å². The molecule has 5 heteroatoms. The Balaban J connectivity index is 1.79. The maximum absolute atomic E-state index is 13.3. The van der Waals surface area contributed by atoms with Gasteiger partial charge in [-0.25, -0.2) is 0 Å². The number of carbonyl (C=O) groups is 2. The lowest BCUT2D eigenvalue weighted by molar-refractivity contribution is -0.133. The molecule has 0 saturated heterocycles. The summed E-state index contributed by atoms with van der Waals surface area (Å²) in [6, 6.07) is 21.2. The van der Waals surface area contributed by atoms with Gasteiger partial charge in [0, 0.05) is 23.5 Å². The largest absolute Gasteiger partial charge is 0.332 e. The molecule has 2 aromatic carbocycles. The highest BCUT2D eigenvalue weighted by molar-refractivity contribution is 7.10. The van der Waals surface area contributed by atoms with Gasteiger partial charge < -0.3 is 9.80 Å². The highest BCUT2D eigenvalue weighted by Crippen LogP contribution is 2.20. The summed E-state index contributed by atoms with van der Waals surface area (Å²) < 4.78 is 0. The van der Waals surface area contributed by atoms with Crippen LogP contribution in [0.5, 0.6) is 0 Å². The van der Waals surface area contributed by atoms with Crippen LogP contribution < -0.4 is 0 Å². The van der Waals surface area contributed by atoms with E-state index in [4.69, 9.17) is 0 Å². The third-order valence-corrected chi connectivity index (χ3v) is 6.01. The van der Waals surface area contributed by atoms with Gasteiger partial charge in [0.2, 0.25) is 5.91 Å². The van der Waals surface area contributed by atoms with Crippen molar-refractivity contribution in [1.29, 1.82) is 0 Å². The van der Waals surface area contributed by atoms with E-state index in [2.05, 4.69) is 18.4 Å². The van der Waals surface area contributed by atoms with E-state index in [0.29, 0.717) is 25.2 Å². The Morgan fingerprint density at radius 1 is 0.867 bits per heavy atom. The fourth-order valence-corrected chi connectivity index (χ4v) is 4.25. The highest BCUT2D eigenvalue weighted by Gasteiger charge is 2.23. The molecule has 4 nitrogen and oxygen atoms in total. The van der Waals surface area contributed by atoms with Crippen LogP contribution in [0.2, 0.25) is 0 Å². The minimum absolute atomic E-state index is 0.0376. The van der Waals surface area contributed by atoms with Crippen molar-refractivity contribution >= 4 is 23.2 Å². The van der Waals surface area contributed by atoms with E-state index in [9.17, 15) is 9.59 Å². The fraction of sp³-hybridized carbons (Fsp3) is 0.280. The quantitative estimate of drug-likeness (QED) is 0.481. The average Bonchev–Trinajstić information content (AvgIpc) is 3.18. The van der Waals surface area contributed by atoms with Gasteiger partial charge >= 0.3 is 0 Å². The van der Waals surface area contributed by atoms with Crippen molar-refractivity contribution in [3.63, 3.8) is 0 Å². The van der Waals surface area contributed by atoms with E-state index in [-0.39, 0.29) is 18.4 Å². The first-order valence-electron chi connectivity index (χ1n) is 10.3. The van der Waals surface area contributed by atoms with E-state index >= 15 is 0 Å². The van der Waals surface area contributed by atoms with E-state index in [1.807, 2.05) is 60.4 Å². The first kappa shape index (κ1) is 21.8. The molecule has 0 radical (unpaired) electrons. The normalized spacial score (nSPS) is 10.6. The zero-order valence-corrected chi connectivity index (χ0v) is 18.4. The third-order valence-electron chi connectivity index (χ3n) is 5.00. The van der Waals surface area contributed by atoms with Gasteiger partial charge in [-0.15, -0.1) is 11.3 Å². The number of aryl methyl sites for hydroxylation is 1. The van der Waals surface area contributed by atoms with Crippen LogP contribution in [0.4, 0.5) is 0 Å². The molecule has 0 fully saturated rings. The number of benzene rings is 2. The molecule has 0 spiro atoms. The molecule has 1 heterocycles. The standard InChI is InChI=1S/C25H28N2O2S/c1-3-15-26(25(29)22-12-8-5-9-13-22)19-24(28)27(17-21-10-6-4-7-11-21)18-23-20(2)14-16-30-23/h4-14,16H,3,15,17-19H2,1-2H3. The summed E-state index contributed by atoms with van der Waals surface area (Å²) >= 11 is 1.66. The van der Waals surface area contributed by atoms with Gasteiger partial charge in [-0.1, -0.05) is 55.5 Å². The molecule has 3 rings (SSSR count). The Kier molecular flexibility index (Phi) is 7.80. The molecule has 2 amide bonds. The maximum atomic E-state index is 13.3. The Labute approximate surface area is 182 Å². The summed E-state index contributed by atoms with van der Waals surface area (Å²) in [6.07, 6.45) is 0.800. The summed E-state index contributed by atoms with van der Waals surface area (Å²) in [4.78, 5) is 31.0. The zero-order chi connectivity index (χ0) is 21.3. The molecule has 0 N–H and O–H groups in total. The Morgan fingerprint density at radius 2 is 1.53 bits per heavy atom. The number of amides is 2. The third kappa shape index (κ3) is 5.80. The molecule has 0 aliphatic carbocycles. The molecule has 0 saturated carbocycles. The van der Waals surface area contributed by atoms with Crippen LogP contribution in [0.25, 0.3) is 0 Å². The van der Waals surface area contributed by atoms with Crippen molar-refractivity contribution in [1.82, 2.24) is 9.80 Å². The van der Waals surface area contributed by atoms with Gasteiger partial charge in [0.05, 0.1) is 6.54 Å². The molecule has 156 valence electrons. The first-order chi connectivity index (χ1) is 14.6. The summed E-state index contributed by atoms with van der Waals surface area (Å²) in [6.45, 7) is 5.80. The van der Waals surface area contributed by atoms with Crippen LogP contribution in [0.1, 0.15) is 39.7 Å². The summed E-state index contributed by atoms with van der Waals surface area (Å²) in [5.74, 6) is -0.137. The van der Waals surface area contributed by atoms with E-state index in [1.165, 1.54) is 10.4 Å². The SMILES string of the molecule is CCCN(CC(=O)N(Cc1ccccc1)Cc1sccc1C)C(=O)c1ccccc1. The fourth-order valence-electron chi connectivity index (χ4n) is 3.32. The molecule has 1 aromatic heterocycles. The van der Waals surface area contributed by atoms with Crippen molar-refractivity contribution in [2.75, 3.05) is 13.1 Å². The van der Waals surface area contributed by atoms with Crippen molar-refractivity contribution in [2.45, 2.75) is 33.4 Å². The minimum Gasteiger partial charge on any atom is -0.332 e. The molecule has 0 unspecified atom stereocenters. The molecule has 0 bridgehead atoms. The van der Waals surface area contributed by atoms with Gasteiger partial charge in [-0.05, 0) is 48.1 Å². The maximum Gasteiger partial charge on any atom is 0.254 e. The van der Waals surface area contributed by atoms with Crippen LogP contribution in [0.3, 0.4) is 0 Å². The van der Waals surface area contributed by atoms with Gasteiger partial charge in [0.15, 0.2) is 0 Å². The second-order valence-corrected chi connectivity index (χ2v) is 8.36. The van der Waals surface area contributed by atoms with Crippen molar-refractivity contribution in [3.8, 4) is 0 Å². The number of hydrogen-bond donors (Lipinski definition) is 0. The molecule has 3 aromatic rings. The topological polar surface area (TPSA) is 40.6 Å². The number of nitrogens with zero attached hydrogens (tertiary/aromatic N) is 2. The average molecular weight is 421 g/mol. The Hall–Kier alpha value is -2.92. The predicted molar refractivity (Wildman–Crippen MR) is 122 cm³/mol. The van der Waals surface area contributed by atoms with Gasteiger partial charge in [-0.2, -0.15) is 0 Å². The summed E-state index contributed by atoms with van der Waals surface area (Å²) in [7, 11) is 0. The van der Waals surface area contributed by atoms with Crippen molar-refractivity contribution < 1.29 is 9.59 Å². The number of rotatable bonds is 9. The zero-order valence-electron chi connectivity index (χ0n) is 17.6. The monoisotopic (exact) mass is 420 g/mol. The predicted octanol–water partition coefficient (Wildman–Crippen LogP) is 5.14. The van der Waals surface area contributed by atoms with Crippen LogP contribution in [0, 0.1) is 6.92 Å². The van der Waals surface area contributed by atoms with E-state index < -0.39 is 0 Å². The van der Waals surface area contributed by atoms with Crippen LogP contribution in [-0.2, 0) is 17.9 Å². The van der Waals surface area contributed by atoms with Gasteiger partial charge in [-0.3, -0.25) is 9.59 Å². The van der Waals surface area contributed by atoms with Crippen LogP contribution in [0.15, 0.2) is 72.1 Å². The first-order valence-corrected chi connectivity index (χ1v) is 11.2. The minimum atomic E-state index is -0.0993. The molecule has 30 heavy (non-hydrogen) atoms. The molecular formula is C25H28N2O2S. The lowest BCUT2D eigenvalue weighted by atomic mass is 10.1. The van der Waals surface area contributed by atoms with E-state index in [0.717, 1.165) is 12.0 Å². The highest BCUT2D eigenvalue weighted by atomic mass is 32.1. The number of hydrogen-bond acceptors (Lipinski definition) is 3. The Bertz CT molecular complexity index is 954. The van der Waals surface area contributed by atoms with Crippen molar-refractivity contribution in [2.24, 2.45) is 0 Å². The lowest BCUT2D eigenvalue weighted by Gasteiger charge is -2.28. The lowest BCUT2D eigenvalue weighted by Crippen LogP contribution is -2.42. The second kappa shape index (κ2) is 10.7. The molecule has 0 aliphatic rings. The van der Waals surface area contributed by atoms with Crippen LogP contribution >= 0.6 is 11.3 Å². The smallest absolute Gasteiger partial charge is 0.254 e. The Morgan fingerprint density at radius 3 is 2.13 bits per heavy atom. The second-order valence-electron chi connectivity index (χ2n) is 7.35. The molecule has 0 aliphatic heterocycles. The summed E-state index contributed by atoms with van der Waals surface area (Å²) in [5.41, 5.74) is 2.88. The number of thiophene rings is 1. The van der Waals surface area contributed by atoms with Crippen LogP contribution in [-0.4, -0.2) is 34.7 Å². The summed E-state index contributed by atoms with van der Waals surface area (Å²) in [5, 5.41) is 2.05. The van der Waals surface area contributed by atoms with Gasteiger partial charge in [0.25, 0.3) is 5.91 Å². The molecule has 0 atom stereocenters. The molecular weight excluding hydrogens is 392 g/mol.